The van der Waals surface area contributed by atoms with Gasteiger partial charge in [0, 0.05) is 4.88 Å². The summed E-state index contributed by atoms with van der Waals surface area (Å²) >= 11 is 1.51. The maximum absolute atomic E-state index is 10.4. The number of rotatable bonds is 5. The molecule has 12 heteroatoms. The average molecular weight is 391 g/mol. The summed E-state index contributed by atoms with van der Waals surface area (Å²) in [5.74, 6) is 0.343. The number of hydrazone groups is 1. The quantitative estimate of drug-likeness (QED) is 0.285. The lowest BCUT2D eigenvalue weighted by molar-refractivity contribution is -0.0501. The zero-order chi connectivity index (χ0) is 19.0. The van der Waals surface area contributed by atoms with Crippen molar-refractivity contribution in [3.05, 3.63) is 28.7 Å². The van der Waals surface area contributed by atoms with E-state index in [4.69, 9.17) is 10.5 Å². The summed E-state index contributed by atoms with van der Waals surface area (Å²) < 4.78 is 7.04. The molecule has 4 atom stereocenters. The molecule has 6 N–H and O–H groups in total. The largest absolute Gasteiger partial charge is 0.394 e. The number of anilines is 2. The molecule has 3 aromatic heterocycles. The molecule has 1 aliphatic heterocycles. The highest BCUT2D eigenvalue weighted by atomic mass is 32.1. The molecular weight excluding hydrogens is 374 g/mol. The third kappa shape index (κ3) is 3.13. The highest BCUT2D eigenvalue weighted by molar-refractivity contribution is 7.11. The normalized spacial score (nSPS) is 25.6. The number of aliphatic hydroxyl groups excluding tert-OH is 3. The molecule has 0 bridgehead atoms. The second-order valence-corrected chi connectivity index (χ2v) is 6.83. The van der Waals surface area contributed by atoms with E-state index in [1.807, 2.05) is 17.5 Å². The SMILES string of the molecule is Nc1ncnc2c1nc(N/N=C\c1cccs1)n2[C@@H]1O[C@H](CO)[C@@H](O)[C@H]1O. The van der Waals surface area contributed by atoms with Crippen molar-refractivity contribution in [3.63, 3.8) is 0 Å². The van der Waals surface area contributed by atoms with Crippen molar-refractivity contribution in [2.45, 2.75) is 24.5 Å². The first-order chi connectivity index (χ1) is 13.1. The number of hydrogen-bond donors (Lipinski definition) is 5. The first-order valence-corrected chi connectivity index (χ1v) is 8.91. The van der Waals surface area contributed by atoms with Crippen LogP contribution in [0.1, 0.15) is 11.1 Å². The van der Waals surface area contributed by atoms with Crippen LogP contribution in [0.4, 0.5) is 11.8 Å². The van der Waals surface area contributed by atoms with Crippen molar-refractivity contribution in [2.75, 3.05) is 17.8 Å². The number of fused-ring (bicyclic) bond motifs is 1. The smallest absolute Gasteiger partial charge is 0.228 e. The lowest BCUT2D eigenvalue weighted by Gasteiger charge is -2.18. The van der Waals surface area contributed by atoms with Gasteiger partial charge < -0.3 is 25.8 Å². The number of nitrogen functional groups attached to an aromatic ring is 1. The van der Waals surface area contributed by atoms with Crippen LogP contribution in [-0.4, -0.2) is 66.0 Å². The molecule has 0 saturated carbocycles. The fraction of sp³-hybridized carbons (Fsp3) is 0.333. The minimum absolute atomic E-state index is 0.149. The molecular formula is C15H17N7O4S. The van der Waals surface area contributed by atoms with Gasteiger partial charge in [0.2, 0.25) is 5.95 Å². The number of ether oxygens (including phenoxy) is 1. The van der Waals surface area contributed by atoms with Gasteiger partial charge in [0.25, 0.3) is 0 Å². The second-order valence-electron chi connectivity index (χ2n) is 5.85. The fourth-order valence-corrected chi connectivity index (χ4v) is 3.44. The number of hydrogen-bond acceptors (Lipinski definition) is 11. The summed E-state index contributed by atoms with van der Waals surface area (Å²) in [4.78, 5) is 13.3. The Bertz CT molecular complexity index is 961. The Morgan fingerprint density at radius 1 is 1.37 bits per heavy atom. The molecule has 142 valence electrons. The van der Waals surface area contributed by atoms with Crippen LogP contribution in [0.5, 0.6) is 0 Å². The summed E-state index contributed by atoms with van der Waals surface area (Å²) in [6, 6.07) is 3.80. The van der Waals surface area contributed by atoms with Gasteiger partial charge in [0.1, 0.15) is 24.6 Å². The van der Waals surface area contributed by atoms with Crippen molar-refractivity contribution in [1.29, 1.82) is 0 Å². The summed E-state index contributed by atoms with van der Waals surface area (Å²) in [6.07, 6.45) is -1.69. The second kappa shape index (κ2) is 7.17. The first-order valence-electron chi connectivity index (χ1n) is 8.03. The van der Waals surface area contributed by atoms with E-state index in [1.165, 1.54) is 22.2 Å². The Kier molecular flexibility index (Phi) is 4.72. The zero-order valence-corrected chi connectivity index (χ0v) is 14.7. The van der Waals surface area contributed by atoms with Crippen molar-refractivity contribution in [2.24, 2.45) is 5.10 Å². The van der Waals surface area contributed by atoms with Crippen molar-refractivity contribution in [1.82, 2.24) is 19.5 Å². The van der Waals surface area contributed by atoms with Crippen molar-refractivity contribution < 1.29 is 20.1 Å². The summed E-state index contributed by atoms with van der Waals surface area (Å²) in [5.41, 5.74) is 9.25. The minimum atomic E-state index is -1.31. The van der Waals surface area contributed by atoms with Crippen LogP contribution in [0.3, 0.4) is 0 Å². The molecule has 11 nitrogen and oxygen atoms in total. The van der Waals surface area contributed by atoms with Crippen LogP contribution in [-0.2, 0) is 4.74 Å². The third-order valence-electron chi connectivity index (χ3n) is 4.18. The number of nitrogens with two attached hydrogens (primary N) is 1. The molecule has 0 unspecified atom stereocenters. The number of nitrogens with one attached hydrogen (secondary N) is 1. The summed E-state index contributed by atoms with van der Waals surface area (Å²) in [6.45, 7) is -0.447. The number of aromatic nitrogens is 4. The maximum atomic E-state index is 10.4. The van der Waals surface area contributed by atoms with Crippen molar-refractivity contribution in [3.8, 4) is 0 Å². The number of nitrogens with zero attached hydrogens (tertiary/aromatic N) is 5. The zero-order valence-electron chi connectivity index (χ0n) is 13.9. The highest BCUT2D eigenvalue weighted by Crippen LogP contribution is 2.35. The predicted octanol–water partition coefficient (Wildman–Crippen LogP) is -0.473. The fourth-order valence-electron chi connectivity index (χ4n) is 2.86. The first kappa shape index (κ1) is 17.8. The molecule has 0 amide bonds. The molecule has 0 aromatic carbocycles. The topological polar surface area (TPSA) is 164 Å². The Morgan fingerprint density at radius 3 is 2.93 bits per heavy atom. The van der Waals surface area contributed by atoms with E-state index in [2.05, 4.69) is 25.5 Å². The molecule has 0 aliphatic carbocycles. The van der Waals surface area contributed by atoms with E-state index in [9.17, 15) is 15.3 Å². The van der Waals surface area contributed by atoms with Gasteiger partial charge in [-0.05, 0) is 11.4 Å². The lowest BCUT2D eigenvalue weighted by Crippen LogP contribution is -2.33. The van der Waals surface area contributed by atoms with E-state index in [0.29, 0.717) is 11.2 Å². The van der Waals surface area contributed by atoms with E-state index in [1.54, 1.807) is 6.21 Å². The molecule has 0 spiro atoms. The van der Waals surface area contributed by atoms with Crippen LogP contribution in [0.15, 0.2) is 28.9 Å². The summed E-state index contributed by atoms with van der Waals surface area (Å²) in [7, 11) is 0. The Balaban J connectivity index is 1.74. The van der Waals surface area contributed by atoms with E-state index >= 15 is 0 Å². The molecule has 3 aromatic rings. The van der Waals surface area contributed by atoms with Gasteiger partial charge in [-0.15, -0.1) is 11.3 Å². The highest BCUT2D eigenvalue weighted by Gasteiger charge is 2.45. The van der Waals surface area contributed by atoms with E-state index in [-0.39, 0.29) is 11.8 Å². The number of aliphatic hydroxyl groups is 3. The average Bonchev–Trinajstić information content (AvgIpc) is 3.36. The van der Waals surface area contributed by atoms with Gasteiger partial charge in [-0.1, -0.05) is 6.07 Å². The van der Waals surface area contributed by atoms with Crippen LogP contribution >= 0.6 is 11.3 Å². The standard InChI is InChI=1S/C15H17N7O4S/c16-12-9-13(18-6-17-12)22(14-11(25)10(24)8(5-23)26-14)15(20-9)21-19-4-7-2-1-3-27-7/h1-4,6,8,10-11,14,23-25H,5H2,(H,20,21)(H2,16,17,18)/b19-4-/t8-,10-,11-,14-/m1/s1. The van der Waals surface area contributed by atoms with E-state index < -0.39 is 31.1 Å². The van der Waals surface area contributed by atoms with Gasteiger partial charge in [-0.3, -0.25) is 4.57 Å². The monoisotopic (exact) mass is 391 g/mol. The third-order valence-corrected chi connectivity index (χ3v) is 4.98. The maximum Gasteiger partial charge on any atom is 0.228 e. The molecule has 0 radical (unpaired) electrons. The van der Waals surface area contributed by atoms with Gasteiger partial charge >= 0.3 is 0 Å². The van der Waals surface area contributed by atoms with Crippen LogP contribution in [0.25, 0.3) is 11.2 Å². The minimum Gasteiger partial charge on any atom is -0.394 e. The molecule has 4 heterocycles. The molecule has 1 fully saturated rings. The Hall–Kier alpha value is -2.64. The van der Waals surface area contributed by atoms with Gasteiger partial charge in [-0.2, -0.15) is 5.10 Å². The molecule has 4 rings (SSSR count). The Morgan fingerprint density at radius 2 is 2.22 bits per heavy atom. The van der Waals surface area contributed by atoms with Gasteiger partial charge in [0.05, 0.1) is 12.8 Å². The summed E-state index contributed by atoms with van der Waals surface area (Å²) in [5, 5.41) is 35.9. The van der Waals surface area contributed by atoms with Crippen LogP contribution in [0.2, 0.25) is 0 Å². The van der Waals surface area contributed by atoms with E-state index in [0.717, 1.165) is 4.88 Å². The number of thiophene rings is 1. The lowest BCUT2D eigenvalue weighted by atomic mass is 10.1. The predicted molar refractivity (Wildman–Crippen MR) is 98.3 cm³/mol. The van der Waals surface area contributed by atoms with Crippen LogP contribution < -0.4 is 11.2 Å². The molecule has 1 aliphatic rings. The Labute approximate surface area is 156 Å². The molecule has 27 heavy (non-hydrogen) atoms. The van der Waals surface area contributed by atoms with Crippen molar-refractivity contribution >= 4 is 40.5 Å². The number of imidazole rings is 1. The molecule has 1 saturated heterocycles. The van der Waals surface area contributed by atoms with Gasteiger partial charge in [-0.25, -0.2) is 20.4 Å². The van der Waals surface area contributed by atoms with Gasteiger partial charge in [0.15, 0.2) is 23.2 Å². The van der Waals surface area contributed by atoms with Crippen LogP contribution in [0, 0.1) is 0 Å².